The van der Waals surface area contributed by atoms with Gasteiger partial charge in [0.1, 0.15) is 5.82 Å². The molecule has 0 bridgehead atoms. The van der Waals surface area contributed by atoms with Crippen LogP contribution >= 0.6 is 11.3 Å². The van der Waals surface area contributed by atoms with Crippen molar-refractivity contribution in [1.82, 2.24) is 0 Å². The zero-order chi connectivity index (χ0) is 8.65. The van der Waals surface area contributed by atoms with Gasteiger partial charge in [-0.2, -0.15) is 0 Å². The standard InChI is InChI=1S/C9H13FS/c1-6-8(9(2,3)4)7(10)5-11-6/h5H,1-4H3. The molecule has 11 heavy (non-hydrogen) atoms. The Balaban J connectivity index is 3.21. The van der Waals surface area contributed by atoms with Crippen LogP contribution in [0.2, 0.25) is 0 Å². The summed E-state index contributed by atoms with van der Waals surface area (Å²) in [6, 6.07) is 0. The molecule has 0 aliphatic rings. The lowest BCUT2D eigenvalue weighted by atomic mass is 9.87. The largest absolute Gasteiger partial charge is 0.206 e. The molecule has 0 amide bonds. The minimum absolute atomic E-state index is 0.0556. The van der Waals surface area contributed by atoms with Crippen molar-refractivity contribution in [2.75, 3.05) is 0 Å². The van der Waals surface area contributed by atoms with Gasteiger partial charge in [0.2, 0.25) is 0 Å². The second-order valence-corrected chi connectivity index (χ2v) is 4.85. The van der Waals surface area contributed by atoms with E-state index in [0.717, 1.165) is 10.4 Å². The van der Waals surface area contributed by atoms with Crippen molar-refractivity contribution in [1.29, 1.82) is 0 Å². The number of hydrogen-bond donors (Lipinski definition) is 0. The lowest BCUT2D eigenvalue weighted by molar-refractivity contribution is 0.526. The molecule has 0 spiro atoms. The van der Waals surface area contributed by atoms with Crippen molar-refractivity contribution in [2.24, 2.45) is 0 Å². The number of hydrogen-bond acceptors (Lipinski definition) is 1. The summed E-state index contributed by atoms with van der Waals surface area (Å²) in [6.45, 7) is 8.07. The summed E-state index contributed by atoms with van der Waals surface area (Å²) in [4.78, 5) is 1.09. The Hall–Kier alpha value is -0.370. The first-order valence-electron chi connectivity index (χ1n) is 3.67. The summed E-state index contributed by atoms with van der Waals surface area (Å²) < 4.78 is 13.1. The molecule has 0 atom stereocenters. The van der Waals surface area contributed by atoms with Gasteiger partial charge < -0.3 is 0 Å². The maximum Gasteiger partial charge on any atom is 0.137 e. The van der Waals surface area contributed by atoms with Gasteiger partial charge in [-0.1, -0.05) is 20.8 Å². The molecule has 0 fully saturated rings. The molecule has 1 aromatic rings. The van der Waals surface area contributed by atoms with Crippen molar-refractivity contribution >= 4 is 11.3 Å². The van der Waals surface area contributed by atoms with Crippen LogP contribution in [0.1, 0.15) is 31.2 Å². The van der Waals surface area contributed by atoms with Crippen LogP contribution in [-0.2, 0) is 5.41 Å². The highest BCUT2D eigenvalue weighted by Gasteiger charge is 2.21. The van der Waals surface area contributed by atoms with Crippen LogP contribution in [0.4, 0.5) is 4.39 Å². The SMILES string of the molecule is Cc1scc(F)c1C(C)(C)C. The van der Waals surface area contributed by atoms with Gasteiger partial charge >= 0.3 is 0 Å². The molecule has 2 heteroatoms. The molecular formula is C9H13FS. The van der Waals surface area contributed by atoms with Gasteiger partial charge in [-0.25, -0.2) is 4.39 Å². The van der Waals surface area contributed by atoms with E-state index in [0.29, 0.717) is 0 Å². The topological polar surface area (TPSA) is 0 Å². The van der Waals surface area contributed by atoms with E-state index in [1.54, 1.807) is 5.38 Å². The number of halogens is 1. The highest BCUT2D eigenvalue weighted by molar-refractivity contribution is 7.10. The van der Waals surface area contributed by atoms with Gasteiger partial charge in [0.15, 0.2) is 0 Å². The summed E-state index contributed by atoms with van der Waals surface area (Å²) in [5.41, 5.74) is 0.802. The normalized spacial score (nSPS) is 12.1. The molecule has 1 aromatic heterocycles. The third-order valence-electron chi connectivity index (χ3n) is 1.68. The summed E-state index contributed by atoms with van der Waals surface area (Å²) in [5.74, 6) is -0.0556. The van der Waals surface area contributed by atoms with E-state index >= 15 is 0 Å². The highest BCUT2D eigenvalue weighted by Crippen LogP contribution is 2.31. The Kier molecular flexibility index (Phi) is 2.06. The molecule has 0 unspecified atom stereocenters. The second kappa shape index (κ2) is 2.59. The summed E-state index contributed by atoms with van der Waals surface area (Å²) >= 11 is 1.48. The van der Waals surface area contributed by atoms with Crippen molar-refractivity contribution in [3.63, 3.8) is 0 Å². The minimum atomic E-state index is -0.0613. The Morgan fingerprint density at radius 3 is 2.09 bits per heavy atom. The maximum absolute atomic E-state index is 13.1. The van der Waals surface area contributed by atoms with Crippen LogP contribution in [0.15, 0.2) is 5.38 Å². The summed E-state index contributed by atoms with van der Waals surface area (Å²) in [7, 11) is 0. The summed E-state index contributed by atoms with van der Waals surface area (Å²) in [5, 5.41) is 1.58. The molecule has 0 aliphatic carbocycles. The third kappa shape index (κ3) is 1.62. The van der Waals surface area contributed by atoms with Gasteiger partial charge in [-0.3, -0.25) is 0 Å². The number of rotatable bonds is 0. The Labute approximate surface area is 71.1 Å². The predicted molar refractivity (Wildman–Crippen MR) is 47.7 cm³/mol. The smallest absolute Gasteiger partial charge is 0.137 e. The molecule has 0 aliphatic heterocycles. The molecule has 0 saturated carbocycles. The second-order valence-electron chi connectivity index (χ2n) is 3.76. The van der Waals surface area contributed by atoms with Crippen LogP contribution in [0.25, 0.3) is 0 Å². The molecule has 0 radical (unpaired) electrons. The fraction of sp³-hybridized carbons (Fsp3) is 0.556. The molecule has 0 nitrogen and oxygen atoms in total. The average molecular weight is 172 g/mol. The first-order chi connectivity index (χ1) is 4.93. The molecular weight excluding hydrogens is 159 g/mol. The van der Waals surface area contributed by atoms with Gasteiger partial charge in [0.25, 0.3) is 0 Å². The lowest BCUT2D eigenvalue weighted by Crippen LogP contribution is -2.12. The Bertz CT molecular complexity index is 236. The van der Waals surface area contributed by atoms with Crippen LogP contribution in [0.3, 0.4) is 0 Å². The monoisotopic (exact) mass is 172 g/mol. The summed E-state index contributed by atoms with van der Waals surface area (Å²) in [6.07, 6.45) is 0. The van der Waals surface area contributed by atoms with E-state index in [9.17, 15) is 4.39 Å². The number of aryl methyl sites for hydroxylation is 1. The molecule has 0 aromatic carbocycles. The highest BCUT2D eigenvalue weighted by atomic mass is 32.1. The molecule has 0 saturated heterocycles. The molecule has 1 heterocycles. The minimum Gasteiger partial charge on any atom is -0.206 e. The zero-order valence-corrected chi connectivity index (χ0v) is 8.18. The Morgan fingerprint density at radius 2 is 1.91 bits per heavy atom. The maximum atomic E-state index is 13.1. The van der Waals surface area contributed by atoms with Crippen molar-refractivity contribution in [2.45, 2.75) is 33.1 Å². The first kappa shape index (κ1) is 8.72. The fourth-order valence-electron chi connectivity index (χ4n) is 1.31. The third-order valence-corrected chi connectivity index (χ3v) is 2.56. The van der Waals surface area contributed by atoms with Gasteiger partial charge in [0, 0.05) is 15.8 Å². The van der Waals surface area contributed by atoms with Crippen LogP contribution < -0.4 is 0 Å². The predicted octanol–water partition coefficient (Wildman–Crippen LogP) is 3.49. The number of thiophene rings is 1. The van der Waals surface area contributed by atoms with Gasteiger partial charge in [0.05, 0.1) is 0 Å². The van der Waals surface area contributed by atoms with E-state index in [2.05, 4.69) is 0 Å². The Morgan fingerprint density at radius 1 is 1.36 bits per heavy atom. The molecule has 62 valence electrons. The quantitative estimate of drug-likeness (QED) is 0.562. The van der Waals surface area contributed by atoms with Crippen LogP contribution in [0, 0.1) is 12.7 Å². The van der Waals surface area contributed by atoms with Crippen molar-refractivity contribution in [3.05, 3.63) is 21.6 Å². The van der Waals surface area contributed by atoms with Crippen LogP contribution in [0.5, 0.6) is 0 Å². The van der Waals surface area contributed by atoms with E-state index < -0.39 is 0 Å². The van der Waals surface area contributed by atoms with Gasteiger partial charge in [-0.05, 0) is 12.3 Å². The molecule has 1 rings (SSSR count). The van der Waals surface area contributed by atoms with Crippen LogP contribution in [-0.4, -0.2) is 0 Å². The lowest BCUT2D eigenvalue weighted by Gasteiger charge is -2.18. The van der Waals surface area contributed by atoms with Crippen molar-refractivity contribution in [3.8, 4) is 0 Å². The first-order valence-corrected chi connectivity index (χ1v) is 4.55. The van der Waals surface area contributed by atoms with E-state index in [-0.39, 0.29) is 11.2 Å². The zero-order valence-electron chi connectivity index (χ0n) is 7.36. The van der Waals surface area contributed by atoms with E-state index in [1.165, 1.54) is 11.3 Å². The van der Waals surface area contributed by atoms with E-state index in [4.69, 9.17) is 0 Å². The van der Waals surface area contributed by atoms with E-state index in [1.807, 2.05) is 27.7 Å². The fourth-order valence-corrected chi connectivity index (χ4v) is 2.23. The average Bonchev–Trinajstić information content (AvgIpc) is 2.08. The van der Waals surface area contributed by atoms with Gasteiger partial charge in [-0.15, -0.1) is 11.3 Å². The molecule has 0 N–H and O–H groups in total. The van der Waals surface area contributed by atoms with Crippen molar-refractivity contribution < 1.29 is 4.39 Å².